The van der Waals surface area contributed by atoms with Crippen LogP contribution >= 0.6 is 0 Å². The zero-order chi connectivity index (χ0) is 18.4. The van der Waals surface area contributed by atoms with Gasteiger partial charge in [-0.3, -0.25) is 0 Å². The lowest BCUT2D eigenvalue weighted by atomic mass is 9.88. The lowest BCUT2D eigenvalue weighted by Gasteiger charge is -2.22. The van der Waals surface area contributed by atoms with Crippen LogP contribution in [0.3, 0.4) is 0 Å². The molecular formula is C21H26O4. The van der Waals surface area contributed by atoms with E-state index in [1.54, 1.807) is 21.3 Å². The van der Waals surface area contributed by atoms with Gasteiger partial charge in [-0.1, -0.05) is 49.4 Å². The van der Waals surface area contributed by atoms with E-state index in [4.69, 9.17) is 14.2 Å². The predicted octanol–water partition coefficient (Wildman–Crippen LogP) is 4.18. The molecule has 1 N–H and O–H groups in total. The van der Waals surface area contributed by atoms with E-state index in [0.717, 1.165) is 16.7 Å². The van der Waals surface area contributed by atoms with Crippen molar-refractivity contribution in [2.45, 2.75) is 19.4 Å². The third kappa shape index (κ3) is 4.34. The molecular weight excluding hydrogens is 316 g/mol. The lowest BCUT2D eigenvalue weighted by molar-refractivity contribution is 0.133. The van der Waals surface area contributed by atoms with Crippen molar-refractivity contribution < 1.29 is 19.3 Å². The zero-order valence-electron chi connectivity index (χ0n) is 15.3. The Morgan fingerprint density at radius 3 is 2.04 bits per heavy atom. The average Bonchev–Trinajstić information content (AvgIpc) is 2.66. The molecule has 0 saturated heterocycles. The number of methoxy groups -OCH3 is 3. The van der Waals surface area contributed by atoms with E-state index in [0.29, 0.717) is 23.7 Å². The highest BCUT2D eigenvalue weighted by Crippen LogP contribution is 2.39. The van der Waals surface area contributed by atoms with E-state index < -0.39 is 6.10 Å². The quantitative estimate of drug-likeness (QED) is 0.731. The van der Waals surface area contributed by atoms with Gasteiger partial charge in [0, 0.05) is 5.92 Å². The van der Waals surface area contributed by atoms with Gasteiger partial charge in [-0.15, -0.1) is 0 Å². The van der Waals surface area contributed by atoms with Crippen LogP contribution in [0.25, 0.3) is 0 Å². The minimum absolute atomic E-state index is 0.0820. The summed E-state index contributed by atoms with van der Waals surface area (Å²) in [6.07, 6.45) is 0.0256. The first-order chi connectivity index (χ1) is 12.0. The molecule has 0 aliphatic rings. The summed E-state index contributed by atoms with van der Waals surface area (Å²) in [7, 11) is 4.77. The number of hydrogen-bond acceptors (Lipinski definition) is 4. The second kappa shape index (κ2) is 8.58. The number of aliphatic hydroxyl groups is 1. The van der Waals surface area contributed by atoms with Crippen molar-refractivity contribution in [2.24, 2.45) is 5.92 Å². The van der Waals surface area contributed by atoms with Crippen LogP contribution < -0.4 is 14.2 Å². The largest absolute Gasteiger partial charge is 0.493 e. The molecule has 0 unspecified atom stereocenters. The second-order valence-electron chi connectivity index (χ2n) is 6.01. The number of benzene rings is 2. The maximum Gasteiger partial charge on any atom is 0.203 e. The summed E-state index contributed by atoms with van der Waals surface area (Å²) in [5, 5.41) is 10.6. The van der Waals surface area contributed by atoms with E-state index in [-0.39, 0.29) is 5.92 Å². The molecule has 0 fully saturated rings. The van der Waals surface area contributed by atoms with Crippen molar-refractivity contribution in [3.63, 3.8) is 0 Å². The molecule has 0 aromatic heterocycles. The van der Waals surface area contributed by atoms with Crippen molar-refractivity contribution in [2.75, 3.05) is 21.3 Å². The smallest absolute Gasteiger partial charge is 0.203 e. The fourth-order valence-electron chi connectivity index (χ4n) is 2.82. The maximum absolute atomic E-state index is 10.6. The SMILES string of the molecule is C=C(Cc1cc(OC)c(OC)c(OC)c1)[C@@H](C)[C@H](O)c1ccccc1. The van der Waals surface area contributed by atoms with E-state index in [1.165, 1.54) is 0 Å². The van der Waals surface area contributed by atoms with Crippen LogP contribution in [0, 0.1) is 5.92 Å². The van der Waals surface area contributed by atoms with Crippen LogP contribution in [-0.4, -0.2) is 26.4 Å². The molecule has 134 valence electrons. The van der Waals surface area contributed by atoms with Crippen LogP contribution in [0.1, 0.15) is 24.2 Å². The van der Waals surface area contributed by atoms with Crippen molar-refractivity contribution in [3.8, 4) is 17.2 Å². The highest BCUT2D eigenvalue weighted by atomic mass is 16.5. The number of aliphatic hydroxyl groups excluding tert-OH is 1. The predicted molar refractivity (Wildman–Crippen MR) is 99.5 cm³/mol. The molecule has 0 amide bonds. The van der Waals surface area contributed by atoms with Crippen LogP contribution in [-0.2, 0) is 6.42 Å². The van der Waals surface area contributed by atoms with Crippen molar-refractivity contribution in [1.82, 2.24) is 0 Å². The molecule has 2 rings (SSSR count). The fraction of sp³-hybridized carbons (Fsp3) is 0.333. The second-order valence-corrected chi connectivity index (χ2v) is 6.01. The molecule has 2 aromatic rings. The molecule has 0 aliphatic heterocycles. The van der Waals surface area contributed by atoms with Crippen LogP contribution in [0.4, 0.5) is 0 Å². The molecule has 0 bridgehead atoms. The van der Waals surface area contributed by atoms with Gasteiger partial charge in [-0.2, -0.15) is 0 Å². The topological polar surface area (TPSA) is 47.9 Å². The van der Waals surface area contributed by atoms with Gasteiger partial charge in [-0.05, 0) is 29.7 Å². The van der Waals surface area contributed by atoms with Gasteiger partial charge in [0.15, 0.2) is 11.5 Å². The summed E-state index contributed by atoms with van der Waals surface area (Å²) in [5.74, 6) is 1.71. The van der Waals surface area contributed by atoms with E-state index in [2.05, 4.69) is 6.58 Å². The average molecular weight is 342 g/mol. The normalized spacial score (nSPS) is 13.0. The highest BCUT2D eigenvalue weighted by molar-refractivity contribution is 5.54. The lowest BCUT2D eigenvalue weighted by Crippen LogP contribution is -2.13. The molecule has 25 heavy (non-hydrogen) atoms. The molecule has 2 atom stereocenters. The molecule has 0 aliphatic carbocycles. The molecule has 0 heterocycles. The molecule has 4 nitrogen and oxygen atoms in total. The van der Waals surface area contributed by atoms with Gasteiger partial charge in [0.05, 0.1) is 27.4 Å². The third-order valence-electron chi connectivity index (χ3n) is 4.41. The first kappa shape index (κ1) is 18.9. The molecule has 0 saturated carbocycles. The summed E-state index contributed by atoms with van der Waals surface area (Å²) in [6.45, 7) is 6.16. The first-order valence-electron chi connectivity index (χ1n) is 8.21. The van der Waals surface area contributed by atoms with Crippen molar-refractivity contribution in [1.29, 1.82) is 0 Å². The molecule has 0 radical (unpaired) electrons. The molecule has 0 spiro atoms. The maximum atomic E-state index is 10.6. The summed E-state index contributed by atoms with van der Waals surface area (Å²) < 4.78 is 16.1. The van der Waals surface area contributed by atoms with Gasteiger partial charge < -0.3 is 19.3 Å². The Kier molecular flexibility index (Phi) is 6.48. The van der Waals surface area contributed by atoms with Crippen LogP contribution in [0.2, 0.25) is 0 Å². The van der Waals surface area contributed by atoms with E-state index in [9.17, 15) is 5.11 Å². The minimum Gasteiger partial charge on any atom is -0.493 e. The Balaban J connectivity index is 2.19. The Labute approximate surface area is 149 Å². The summed E-state index contributed by atoms with van der Waals surface area (Å²) >= 11 is 0. The summed E-state index contributed by atoms with van der Waals surface area (Å²) in [4.78, 5) is 0. The van der Waals surface area contributed by atoms with Gasteiger partial charge in [0.1, 0.15) is 0 Å². The van der Waals surface area contributed by atoms with Crippen LogP contribution in [0.15, 0.2) is 54.6 Å². The number of hydrogen-bond donors (Lipinski definition) is 1. The van der Waals surface area contributed by atoms with Gasteiger partial charge in [-0.25, -0.2) is 0 Å². The minimum atomic E-state index is -0.587. The highest BCUT2D eigenvalue weighted by Gasteiger charge is 2.20. The summed E-state index contributed by atoms with van der Waals surface area (Å²) in [6, 6.07) is 13.5. The molecule has 2 aromatic carbocycles. The monoisotopic (exact) mass is 342 g/mol. The van der Waals surface area contributed by atoms with Gasteiger partial charge in [0.25, 0.3) is 0 Å². The van der Waals surface area contributed by atoms with Crippen LogP contribution in [0.5, 0.6) is 17.2 Å². The van der Waals surface area contributed by atoms with Gasteiger partial charge in [0.2, 0.25) is 5.75 Å². The Hall–Kier alpha value is -2.46. The van der Waals surface area contributed by atoms with Crippen molar-refractivity contribution in [3.05, 3.63) is 65.7 Å². The standard InChI is InChI=1S/C21H26O4/c1-14(15(2)20(22)17-9-7-6-8-10-17)11-16-12-18(23-3)21(25-5)19(13-16)24-4/h6-10,12-13,15,20,22H,1,11H2,2-5H3/t15-,20+/m1/s1. The van der Waals surface area contributed by atoms with Crippen molar-refractivity contribution >= 4 is 0 Å². The first-order valence-corrected chi connectivity index (χ1v) is 8.21. The summed E-state index contributed by atoms with van der Waals surface area (Å²) in [5.41, 5.74) is 2.82. The zero-order valence-corrected chi connectivity index (χ0v) is 15.3. The number of rotatable bonds is 8. The fourth-order valence-corrected chi connectivity index (χ4v) is 2.82. The number of ether oxygens (including phenoxy) is 3. The van der Waals surface area contributed by atoms with E-state index >= 15 is 0 Å². The third-order valence-corrected chi connectivity index (χ3v) is 4.41. The van der Waals surface area contributed by atoms with E-state index in [1.807, 2.05) is 49.4 Å². The Bertz CT molecular complexity index is 684. The Morgan fingerprint density at radius 2 is 1.56 bits per heavy atom. The Morgan fingerprint density at radius 1 is 1.00 bits per heavy atom. The molecule has 4 heteroatoms. The van der Waals surface area contributed by atoms with Gasteiger partial charge >= 0.3 is 0 Å².